The maximum atomic E-state index is 13.3. The topological polar surface area (TPSA) is 79.5 Å². The van der Waals surface area contributed by atoms with Crippen LogP contribution in [0.15, 0.2) is 48.5 Å². The van der Waals surface area contributed by atoms with Gasteiger partial charge in [0.2, 0.25) is 11.8 Å². The minimum Gasteiger partial charge on any atom is -0.372 e. The third-order valence-corrected chi connectivity index (χ3v) is 6.92. The highest BCUT2D eigenvalue weighted by atomic mass is 19.4. The summed E-state index contributed by atoms with van der Waals surface area (Å²) >= 11 is 0. The van der Waals surface area contributed by atoms with Gasteiger partial charge < -0.3 is 20.7 Å². The number of piperazine rings is 1. The van der Waals surface area contributed by atoms with Crippen molar-refractivity contribution < 1.29 is 40.7 Å². The van der Waals surface area contributed by atoms with Crippen molar-refractivity contribution in [2.24, 2.45) is 0 Å². The first-order valence-corrected chi connectivity index (χ1v) is 11.6. The van der Waals surface area contributed by atoms with E-state index in [-0.39, 0.29) is 49.6 Å². The van der Waals surface area contributed by atoms with Crippen LogP contribution in [0.2, 0.25) is 0 Å². The molecule has 3 atom stereocenters. The molecule has 37 heavy (non-hydrogen) atoms. The molecule has 4 rings (SSSR count). The van der Waals surface area contributed by atoms with E-state index in [1.807, 2.05) is 12.1 Å². The zero-order chi connectivity index (χ0) is 27.1. The molecule has 0 bridgehead atoms. The number of amides is 2. The monoisotopic (exact) mass is 529 g/mol. The molecule has 200 valence electrons. The fourth-order valence-electron chi connectivity index (χ4n) is 4.71. The second-order valence-corrected chi connectivity index (χ2v) is 9.41. The number of halogens is 6. The molecule has 2 amide bonds. The molecular weight excluding hydrogens is 504 g/mol. The van der Waals surface area contributed by atoms with Gasteiger partial charge in [0.05, 0.1) is 35.9 Å². The van der Waals surface area contributed by atoms with Crippen molar-refractivity contribution in [1.29, 1.82) is 0 Å². The van der Waals surface area contributed by atoms with E-state index in [0.717, 1.165) is 5.56 Å². The van der Waals surface area contributed by atoms with Gasteiger partial charge in [0.15, 0.2) is 0 Å². The molecule has 0 radical (unpaired) electrons. The minimum absolute atomic E-state index is 0.0546. The number of alkyl halides is 6. The van der Waals surface area contributed by atoms with Gasteiger partial charge in [0, 0.05) is 6.54 Å². The van der Waals surface area contributed by atoms with Gasteiger partial charge >= 0.3 is 12.4 Å². The molecule has 6 nitrogen and oxygen atoms in total. The van der Waals surface area contributed by atoms with Crippen molar-refractivity contribution in [2.75, 3.05) is 19.7 Å². The van der Waals surface area contributed by atoms with Crippen molar-refractivity contribution in [3.63, 3.8) is 0 Å². The largest absolute Gasteiger partial charge is 0.416 e. The lowest BCUT2D eigenvalue weighted by atomic mass is 9.75. The fourth-order valence-corrected chi connectivity index (χ4v) is 4.71. The van der Waals surface area contributed by atoms with Crippen LogP contribution in [0.3, 0.4) is 0 Å². The van der Waals surface area contributed by atoms with Crippen LogP contribution < -0.4 is 16.0 Å². The summed E-state index contributed by atoms with van der Waals surface area (Å²) in [5.74, 6) is -0.664. The highest BCUT2D eigenvalue weighted by Crippen LogP contribution is 2.39. The van der Waals surface area contributed by atoms with Crippen LogP contribution in [0.25, 0.3) is 0 Å². The fraction of sp³-hybridized carbons (Fsp3) is 0.440. The average molecular weight is 529 g/mol. The van der Waals surface area contributed by atoms with Crippen molar-refractivity contribution in [2.45, 2.75) is 49.3 Å². The molecule has 1 unspecified atom stereocenters. The molecule has 0 aliphatic carbocycles. The van der Waals surface area contributed by atoms with Gasteiger partial charge in [-0.05, 0) is 49.1 Å². The van der Waals surface area contributed by atoms with E-state index in [0.29, 0.717) is 18.6 Å². The van der Waals surface area contributed by atoms with Crippen LogP contribution in [-0.2, 0) is 32.2 Å². The van der Waals surface area contributed by atoms with Crippen molar-refractivity contribution in [3.05, 3.63) is 70.8 Å². The number of hydrogen-bond acceptors (Lipinski definition) is 4. The molecule has 1 spiro atoms. The number of carbonyl (C=O) groups excluding carboxylic acids is 2. The van der Waals surface area contributed by atoms with E-state index >= 15 is 0 Å². The summed E-state index contributed by atoms with van der Waals surface area (Å²) in [6.07, 6.45) is -10.5. The Kier molecular flexibility index (Phi) is 7.02. The van der Waals surface area contributed by atoms with Gasteiger partial charge in [0.1, 0.15) is 5.54 Å². The van der Waals surface area contributed by atoms with Gasteiger partial charge in [0.25, 0.3) is 0 Å². The van der Waals surface area contributed by atoms with Crippen molar-refractivity contribution >= 4 is 11.8 Å². The smallest absolute Gasteiger partial charge is 0.372 e. The molecule has 0 saturated carbocycles. The number of hydrogen-bond donors (Lipinski definition) is 3. The molecule has 12 heteroatoms. The summed E-state index contributed by atoms with van der Waals surface area (Å²) in [6, 6.07) is 10.4. The number of nitrogens with one attached hydrogen (secondary N) is 3. The lowest BCUT2D eigenvalue weighted by molar-refractivity contribution is -0.143. The zero-order valence-corrected chi connectivity index (χ0v) is 19.7. The molecule has 0 aromatic heterocycles. The maximum absolute atomic E-state index is 13.3. The number of rotatable bonds is 5. The van der Waals surface area contributed by atoms with Crippen molar-refractivity contribution in [3.8, 4) is 0 Å². The number of benzene rings is 2. The van der Waals surface area contributed by atoms with Gasteiger partial charge in [-0.3, -0.25) is 9.59 Å². The zero-order valence-electron chi connectivity index (χ0n) is 19.7. The van der Waals surface area contributed by atoms with E-state index < -0.39 is 40.7 Å². The van der Waals surface area contributed by atoms with Crippen LogP contribution in [-0.4, -0.2) is 37.0 Å². The maximum Gasteiger partial charge on any atom is 0.416 e. The number of ether oxygens (including phenoxy) is 1. The van der Waals surface area contributed by atoms with Crippen LogP contribution in [0, 0.1) is 0 Å². The van der Waals surface area contributed by atoms with Crippen LogP contribution in [0.5, 0.6) is 0 Å². The Labute approximate surface area is 208 Å². The summed E-state index contributed by atoms with van der Waals surface area (Å²) in [4.78, 5) is 24.5. The number of piperidine rings is 1. The van der Waals surface area contributed by atoms with Crippen LogP contribution in [0.4, 0.5) is 26.3 Å². The summed E-state index contributed by atoms with van der Waals surface area (Å²) in [5.41, 5.74) is -4.40. The Morgan fingerprint density at radius 2 is 1.57 bits per heavy atom. The second-order valence-electron chi connectivity index (χ2n) is 9.41. The lowest BCUT2D eigenvalue weighted by Crippen LogP contribution is -2.73. The summed E-state index contributed by atoms with van der Waals surface area (Å²) in [7, 11) is 0. The summed E-state index contributed by atoms with van der Waals surface area (Å²) < 4.78 is 85.8. The average Bonchev–Trinajstić information content (AvgIpc) is 2.85. The predicted molar refractivity (Wildman–Crippen MR) is 120 cm³/mol. The van der Waals surface area contributed by atoms with E-state index in [1.165, 1.54) is 6.92 Å². The van der Waals surface area contributed by atoms with E-state index in [2.05, 4.69) is 16.0 Å². The molecule has 2 aromatic carbocycles. The van der Waals surface area contributed by atoms with Crippen LogP contribution in [0.1, 0.15) is 48.1 Å². The quantitative estimate of drug-likeness (QED) is 0.511. The first kappa shape index (κ1) is 26.9. The number of carbonyl (C=O) groups is 2. The van der Waals surface area contributed by atoms with Gasteiger partial charge in [-0.15, -0.1) is 0 Å². The summed E-state index contributed by atoms with van der Waals surface area (Å²) in [5, 5.41) is 8.57. The standard InChI is InChI=1S/C25H25F6N3O3/c1-15(16-9-18(24(26,27)28)11-19(10-16)25(29,30)31)37-14-23(17-5-3-2-4-6-17)8-7-22(13-33-23)21(36)32-12-20(35)34-22/h2-6,9-11,15,33H,7-8,12-14H2,1H3,(H,32,36)(H,34,35)/t15-,22?,23-/m1/s1. The molecule has 2 aliphatic heterocycles. The van der Waals surface area contributed by atoms with E-state index in [4.69, 9.17) is 4.74 Å². The second kappa shape index (κ2) is 9.64. The Morgan fingerprint density at radius 3 is 2.11 bits per heavy atom. The van der Waals surface area contributed by atoms with E-state index in [1.54, 1.807) is 18.2 Å². The van der Waals surface area contributed by atoms with Gasteiger partial charge in [-0.25, -0.2) is 0 Å². The molecule has 2 fully saturated rings. The molecule has 2 aliphatic rings. The predicted octanol–water partition coefficient (Wildman–Crippen LogP) is 4.07. The third-order valence-electron chi connectivity index (χ3n) is 6.92. The SMILES string of the molecule is C[C@@H](OC[C@@]1(c2ccccc2)CCC2(CN1)NC(=O)CNC2=O)c1cc(C(F)(F)F)cc(C(F)(F)F)c1. The third kappa shape index (κ3) is 5.59. The van der Waals surface area contributed by atoms with Gasteiger partial charge in [-0.2, -0.15) is 26.3 Å². The molecular formula is C25H25F6N3O3. The molecule has 2 saturated heterocycles. The Hall–Kier alpha value is -3.12. The Morgan fingerprint density at radius 1 is 0.946 bits per heavy atom. The minimum atomic E-state index is -4.97. The molecule has 2 aromatic rings. The Bertz CT molecular complexity index is 1130. The van der Waals surface area contributed by atoms with Crippen molar-refractivity contribution in [1.82, 2.24) is 16.0 Å². The normalized spacial score (nSPS) is 25.5. The molecule has 3 N–H and O–H groups in total. The van der Waals surface area contributed by atoms with E-state index in [9.17, 15) is 35.9 Å². The highest BCUT2D eigenvalue weighted by molar-refractivity contribution is 5.98. The van der Waals surface area contributed by atoms with Crippen LogP contribution >= 0.6 is 0 Å². The first-order chi connectivity index (χ1) is 17.2. The van der Waals surface area contributed by atoms with Gasteiger partial charge in [-0.1, -0.05) is 30.3 Å². The first-order valence-electron chi connectivity index (χ1n) is 11.6. The summed E-state index contributed by atoms with van der Waals surface area (Å²) in [6.45, 7) is 1.20. The highest BCUT2D eigenvalue weighted by Gasteiger charge is 2.50. The lowest BCUT2D eigenvalue weighted by Gasteiger charge is -2.48. The molecule has 2 heterocycles. The Balaban J connectivity index is 1.59.